The number of rotatable bonds is 3. The maximum Gasteiger partial charge on any atom is 0.168 e. The fraction of sp³-hybridized carbons (Fsp3) is 0.143. The Morgan fingerprint density at radius 3 is 3.00 bits per heavy atom. The quantitative estimate of drug-likeness (QED) is 0.724. The maximum absolute atomic E-state index is 12.2. The molecule has 0 saturated carbocycles. The summed E-state index contributed by atoms with van der Waals surface area (Å²) in [6, 6.07) is 9.04. The van der Waals surface area contributed by atoms with E-state index in [0.29, 0.717) is 11.3 Å². The van der Waals surface area contributed by atoms with E-state index in [2.05, 4.69) is 20.2 Å². The van der Waals surface area contributed by atoms with Gasteiger partial charge in [0.05, 0.1) is 23.1 Å². The zero-order valence-corrected chi connectivity index (χ0v) is 10.4. The number of carbonyl (C=O) groups excluding carboxylic acids is 1. The number of aromatic nitrogens is 4. The van der Waals surface area contributed by atoms with E-state index in [1.165, 1.54) is 0 Å². The third-order valence-electron chi connectivity index (χ3n) is 2.89. The second kappa shape index (κ2) is 4.61. The Hall–Kier alpha value is -2.56. The molecule has 0 atom stereocenters. The third kappa shape index (κ3) is 2.35. The van der Waals surface area contributed by atoms with Crippen LogP contribution in [0.15, 0.2) is 36.5 Å². The first-order chi connectivity index (χ1) is 9.22. The van der Waals surface area contributed by atoms with Crippen molar-refractivity contribution in [3.63, 3.8) is 0 Å². The van der Waals surface area contributed by atoms with Crippen molar-refractivity contribution in [1.29, 1.82) is 0 Å². The Morgan fingerprint density at radius 1 is 1.32 bits per heavy atom. The number of aromatic amines is 1. The molecule has 0 unspecified atom stereocenters. The molecular weight excluding hydrogens is 240 g/mol. The number of carbonyl (C=O) groups is 1. The molecule has 94 valence electrons. The lowest BCUT2D eigenvalue weighted by atomic mass is 10.1. The summed E-state index contributed by atoms with van der Waals surface area (Å²) in [6.45, 7) is 1.89. The lowest BCUT2D eigenvalue weighted by molar-refractivity contribution is 0.0992. The van der Waals surface area contributed by atoms with Crippen LogP contribution in [0.4, 0.5) is 0 Å². The van der Waals surface area contributed by atoms with Crippen molar-refractivity contribution < 1.29 is 4.79 Å². The highest BCUT2D eigenvalue weighted by Crippen LogP contribution is 2.15. The lowest BCUT2D eigenvalue weighted by Crippen LogP contribution is -2.05. The van der Waals surface area contributed by atoms with Crippen LogP contribution in [0.1, 0.15) is 21.9 Å². The van der Waals surface area contributed by atoms with Gasteiger partial charge in [0.2, 0.25) is 0 Å². The van der Waals surface area contributed by atoms with Crippen molar-refractivity contribution in [2.45, 2.75) is 13.3 Å². The molecule has 1 N–H and O–H groups in total. The van der Waals surface area contributed by atoms with Gasteiger partial charge in [0.25, 0.3) is 0 Å². The van der Waals surface area contributed by atoms with E-state index < -0.39 is 0 Å². The number of hydrogen-bond donors (Lipinski definition) is 1. The number of H-pyrrole nitrogens is 1. The molecule has 5 heteroatoms. The highest BCUT2D eigenvalue weighted by molar-refractivity contribution is 5.99. The molecule has 0 bridgehead atoms. The second-order valence-electron chi connectivity index (χ2n) is 4.37. The van der Waals surface area contributed by atoms with Gasteiger partial charge in [-0.2, -0.15) is 10.2 Å². The Balaban J connectivity index is 1.89. The average Bonchev–Trinajstić information content (AvgIpc) is 2.78. The molecule has 2 heterocycles. The average molecular weight is 252 g/mol. The molecule has 0 aliphatic rings. The van der Waals surface area contributed by atoms with Crippen LogP contribution < -0.4 is 0 Å². The van der Waals surface area contributed by atoms with E-state index in [1.807, 2.05) is 19.1 Å². The first kappa shape index (κ1) is 11.5. The summed E-state index contributed by atoms with van der Waals surface area (Å²) in [5, 5.41) is 7.69. The summed E-state index contributed by atoms with van der Waals surface area (Å²) in [5.74, 6) is 0.864. The van der Waals surface area contributed by atoms with Gasteiger partial charge >= 0.3 is 0 Å². The van der Waals surface area contributed by atoms with Gasteiger partial charge in [-0.3, -0.25) is 4.79 Å². The normalized spacial score (nSPS) is 10.8. The van der Waals surface area contributed by atoms with Crippen LogP contribution in [0.5, 0.6) is 0 Å². The number of ketones is 1. The minimum atomic E-state index is 0.0228. The van der Waals surface area contributed by atoms with Crippen LogP contribution >= 0.6 is 0 Å². The van der Waals surface area contributed by atoms with Gasteiger partial charge in [-0.25, -0.2) is 4.98 Å². The molecule has 2 aromatic heterocycles. The highest BCUT2D eigenvalue weighted by Gasteiger charge is 2.10. The van der Waals surface area contributed by atoms with E-state index in [1.54, 1.807) is 24.4 Å². The van der Waals surface area contributed by atoms with Gasteiger partial charge in [-0.05, 0) is 37.3 Å². The zero-order chi connectivity index (χ0) is 13.2. The molecule has 3 rings (SSSR count). The van der Waals surface area contributed by atoms with Crippen LogP contribution in [-0.2, 0) is 6.42 Å². The molecule has 5 nitrogen and oxygen atoms in total. The minimum Gasteiger partial charge on any atom is -0.342 e. The van der Waals surface area contributed by atoms with E-state index in [4.69, 9.17) is 0 Å². The van der Waals surface area contributed by atoms with Gasteiger partial charge in [-0.1, -0.05) is 0 Å². The molecule has 1 aromatic carbocycles. The predicted molar refractivity (Wildman–Crippen MR) is 70.9 cm³/mol. The molecule has 0 amide bonds. The number of nitrogens with zero attached hydrogens (tertiary/aromatic N) is 3. The van der Waals surface area contributed by atoms with E-state index in [-0.39, 0.29) is 12.2 Å². The van der Waals surface area contributed by atoms with Crippen LogP contribution in [-0.4, -0.2) is 25.9 Å². The Bertz CT molecular complexity index is 734. The van der Waals surface area contributed by atoms with Crippen molar-refractivity contribution in [1.82, 2.24) is 20.2 Å². The van der Waals surface area contributed by atoms with Crippen LogP contribution in [0.3, 0.4) is 0 Å². The fourth-order valence-corrected chi connectivity index (χ4v) is 2.00. The summed E-state index contributed by atoms with van der Waals surface area (Å²) < 4.78 is 0. The summed E-state index contributed by atoms with van der Waals surface area (Å²) in [4.78, 5) is 19.6. The van der Waals surface area contributed by atoms with Gasteiger partial charge in [0.1, 0.15) is 5.82 Å². The van der Waals surface area contributed by atoms with Gasteiger partial charge in [-0.15, -0.1) is 0 Å². The number of Topliss-reactive ketones (excluding diaryl/α,β-unsaturated/α-hetero) is 1. The van der Waals surface area contributed by atoms with Crippen LogP contribution in [0.25, 0.3) is 11.0 Å². The third-order valence-corrected chi connectivity index (χ3v) is 2.89. The van der Waals surface area contributed by atoms with E-state index >= 15 is 0 Å². The predicted octanol–water partition coefficient (Wildman–Crippen LogP) is 2.09. The van der Waals surface area contributed by atoms with Crippen molar-refractivity contribution in [3.8, 4) is 0 Å². The van der Waals surface area contributed by atoms with Crippen molar-refractivity contribution >= 4 is 16.8 Å². The SMILES string of the molecule is Cc1nc2ccc(C(=O)Cc3cccnn3)cc2[nH]1. The number of hydrogen-bond acceptors (Lipinski definition) is 4. The van der Waals surface area contributed by atoms with Gasteiger partial charge in [0.15, 0.2) is 5.78 Å². The Labute approximate surface area is 109 Å². The first-order valence-corrected chi connectivity index (χ1v) is 5.98. The Morgan fingerprint density at radius 2 is 2.21 bits per heavy atom. The fourth-order valence-electron chi connectivity index (χ4n) is 2.00. The van der Waals surface area contributed by atoms with Crippen molar-refractivity contribution in [2.75, 3.05) is 0 Å². The summed E-state index contributed by atoms with van der Waals surface area (Å²) in [7, 11) is 0. The standard InChI is InChI=1S/C14H12N4O/c1-9-16-12-5-4-10(7-13(12)17-9)14(19)8-11-3-2-6-15-18-11/h2-7H,8H2,1H3,(H,16,17). The second-order valence-corrected chi connectivity index (χ2v) is 4.37. The molecule has 0 saturated heterocycles. The summed E-state index contributed by atoms with van der Waals surface area (Å²) in [6.07, 6.45) is 1.85. The van der Waals surface area contributed by atoms with Gasteiger partial charge in [0, 0.05) is 11.8 Å². The van der Waals surface area contributed by atoms with Gasteiger partial charge < -0.3 is 4.98 Å². The number of aryl methyl sites for hydroxylation is 1. The lowest BCUT2D eigenvalue weighted by Gasteiger charge is -2.00. The maximum atomic E-state index is 12.2. The molecule has 19 heavy (non-hydrogen) atoms. The number of benzene rings is 1. The molecule has 0 fully saturated rings. The summed E-state index contributed by atoms with van der Waals surface area (Å²) >= 11 is 0. The first-order valence-electron chi connectivity index (χ1n) is 5.98. The number of nitrogens with one attached hydrogen (secondary N) is 1. The van der Waals surface area contributed by atoms with E-state index in [0.717, 1.165) is 16.9 Å². The minimum absolute atomic E-state index is 0.0228. The summed E-state index contributed by atoms with van der Waals surface area (Å²) in [5.41, 5.74) is 3.08. The monoisotopic (exact) mass is 252 g/mol. The molecular formula is C14H12N4O. The molecule has 3 aromatic rings. The topological polar surface area (TPSA) is 71.5 Å². The number of imidazole rings is 1. The largest absolute Gasteiger partial charge is 0.342 e. The molecule has 0 radical (unpaired) electrons. The smallest absolute Gasteiger partial charge is 0.168 e. The van der Waals surface area contributed by atoms with E-state index in [9.17, 15) is 4.79 Å². The highest BCUT2D eigenvalue weighted by atomic mass is 16.1. The van der Waals surface area contributed by atoms with Crippen molar-refractivity contribution in [2.24, 2.45) is 0 Å². The van der Waals surface area contributed by atoms with Crippen LogP contribution in [0, 0.1) is 6.92 Å². The molecule has 0 aliphatic carbocycles. The Kier molecular flexibility index (Phi) is 2.79. The van der Waals surface area contributed by atoms with Crippen LogP contribution in [0.2, 0.25) is 0 Å². The molecule has 0 spiro atoms. The van der Waals surface area contributed by atoms with Crippen molar-refractivity contribution in [3.05, 3.63) is 53.6 Å². The molecule has 0 aliphatic heterocycles. The zero-order valence-electron chi connectivity index (χ0n) is 10.4. The number of fused-ring (bicyclic) bond motifs is 1.